The van der Waals surface area contributed by atoms with Gasteiger partial charge in [0.15, 0.2) is 0 Å². The largest absolute Gasteiger partial charge is 0.497 e. The van der Waals surface area contributed by atoms with Crippen LogP contribution in [0.2, 0.25) is 0 Å². The predicted molar refractivity (Wildman–Crippen MR) is 63.6 cm³/mol. The molecule has 0 saturated carbocycles. The number of rotatable bonds is 7. The van der Waals surface area contributed by atoms with E-state index in [2.05, 4.69) is 11.8 Å². The Morgan fingerprint density at radius 2 is 1.94 bits per heavy atom. The minimum atomic E-state index is -0.498. The van der Waals surface area contributed by atoms with E-state index < -0.39 is 5.97 Å². The second kappa shape index (κ2) is 7.68. The van der Waals surface area contributed by atoms with Crippen molar-refractivity contribution in [3.8, 4) is 5.75 Å². The van der Waals surface area contributed by atoms with Gasteiger partial charge < -0.3 is 4.74 Å². The molecule has 0 N–H and O–H groups in total. The van der Waals surface area contributed by atoms with Crippen LogP contribution >= 0.6 is 0 Å². The van der Waals surface area contributed by atoms with E-state index in [0.717, 1.165) is 19.3 Å². The van der Waals surface area contributed by atoms with E-state index in [1.165, 1.54) is 0 Å². The van der Waals surface area contributed by atoms with Gasteiger partial charge >= 0.3 is 5.97 Å². The van der Waals surface area contributed by atoms with E-state index in [9.17, 15) is 4.79 Å². The molecular weight excluding hydrogens is 220 g/mol. The van der Waals surface area contributed by atoms with Gasteiger partial charge in [0.1, 0.15) is 5.75 Å². The Kier molecular flexibility index (Phi) is 6.10. The highest BCUT2D eigenvalue weighted by Crippen LogP contribution is 2.12. The van der Waals surface area contributed by atoms with Crippen LogP contribution in [-0.4, -0.2) is 19.7 Å². The van der Waals surface area contributed by atoms with Crippen LogP contribution < -0.4 is 4.74 Å². The molecular formula is C13H17O4. The first-order valence-electron chi connectivity index (χ1n) is 5.55. The summed E-state index contributed by atoms with van der Waals surface area (Å²) in [6.45, 7) is 4.11. The van der Waals surface area contributed by atoms with E-state index in [1.807, 2.05) is 0 Å². The summed E-state index contributed by atoms with van der Waals surface area (Å²) in [6.07, 6.45) is 2.65. The van der Waals surface area contributed by atoms with Crippen LogP contribution in [0, 0.1) is 6.92 Å². The third-order valence-corrected chi connectivity index (χ3v) is 2.19. The number of carbonyl (C=O) groups excluding carboxylic acids is 1. The molecule has 0 atom stereocenters. The topological polar surface area (TPSA) is 44.8 Å². The summed E-state index contributed by atoms with van der Waals surface area (Å²) in [7, 11) is 1.57. The van der Waals surface area contributed by atoms with E-state index in [1.54, 1.807) is 31.4 Å². The van der Waals surface area contributed by atoms with Gasteiger partial charge in [-0.2, -0.15) is 4.89 Å². The standard InChI is InChI=1S/C13H17O4/c1-3-4-5-10-16-17-13(14)11-6-8-12(15-2)9-7-11/h6-9H,1,3-5,10H2,2H3. The average Bonchev–Trinajstić information content (AvgIpc) is 2.38. The second-order valence-corrected chi connectivity index (χ2v) is 3.48. The van der Waals surface area contributed by atoms with Crippen molar-refractivity contribution in [3.05, 3.63) is 36.8 Å². The third kappa shape index (κ3) is 4.87. The molecule has 0 spiro atoms. The molecule has 1 rings (SSSR count). The van der Waals surface area contributed by atoms with E-state index in [-0.39, 0.29) is 0 Å². The summed E-state index contributed by atoms with van der Waals surface area (Å²) in [6, 6.07) is 6.64. The Bertz CT molecular complexity index is 332. The SMILES string of the molecule is [CH2]CCCCOOC(=O)c1ccc(OC)cc1. The minimum Gasteiger partial charge on any atom is -0.497 e. The summed E-state index contributed by atoms with van der Waals surface area (Å²) < 4.78 is 4.99. The molecule has 0 heterocycles. The fourth-order valence-electron chi connectivity index (χ4n) is 1.21. The zero-order valence-corrected chi connectivity index (χ0v) is 9.98. The van der Waals surface area contributed by atoms with Gasteiger partial charge in [0.25, 0.3) is 0 Å². The minimum absolute atomic E-state index is 0.400. The number of unbranched alkanes of at least 4 members (excludes halogenated alkanes) is 2. The number of benzene rings is 1. The Morgan fingerprint density at radius 3 is 2.53 bits per heavy atom. The molecule has 0 aromatic heterocycles. The summed E-state index contributed by atoms with van der Waals surface area (Å²) in [5.41, 5.74) is 0.433. The van der Waals surface area contributed by atoms with E-state index >= 15 is 0 Å². The first kappa shape index (κ1) is 13.5. The van der Waals surface area contributed by atoms with Crippen LogP contribution in [-0.2, 0) is 9.78 Å². The van der Waals surface area contributed by atoms with Crippen molar-refractivity contribution in [2.75, 3.05) is 13.7 Å². The highest BCUT2D eigenvalue weighted by Gasteiger charge is 2.07. The van der Waals surface area contributed by atoms with Crippen LogP contribution in [0.3, 0.4) is 0 Å². The molecule has 0 amide bonds. The fourth-order valence-corrected chi connectivity index (χ4v) is 1.21. The molecule has 0 unspecified atom stereocenters. The van der Waals surface area contributed by atoms with Crippen molar-refractivity contribution in [2.24, 2.45) is 0 Å². The van der Waals surface area contributed by atoms with Crippen LogP contribution in [0.1, 0.15) is 29.6 Å². The summed E-state index contributed by atoms with van der Waals surface area (Å²) in [5.74, 6) is 0.195. The van der Waals surface area contributed by atoms with E-state index in [0.29, 0.717) is 17.9 Å². The fraction of sp³-hybridized carbons (Fsp3) is 0.385. The highest BCUT2D eigenvalue weighted by molar-refractivity contribution is 5.89. The third-order valence-electron chi connectivity index (χ3n) is 2.19. The maximum Gasteiger partial charge on any atom is 0.373 e. The molecule has 0 fully saturated rings. The Hall–Kier alpha value is -1.55. The maximum atomic E-state index is 11.5. The zero-order chi connectivity index (χ0) is 12.5. The van der Waals surface area contributed by atoms with Gasteiger partial charge in [-0.15, -0.1) is 0 Å². The van der Waals surface area contributed by atoms with Crippen LogP contribution in [0.5, 0.6) is 5.75 Å². The molecule has 1 radical (unpaired) electrons. The quantitative estimate of drug-likeness (QED) is 0.415. The van der Waals surface area contributed by atoms with Crippen LogP contribution in [0.25, 0.3) is 0 Å². The Morgan fingerprint density at radius 1 is 1.24 bits per heavy atom. The number of hydrogen-bond acceptors (Lipinski definition) is 4. The molecule has 0 saturated heterocycles. The molecule has 1 aromatic carbocycles. The molecule has 93 valence electrons. The van der Waals surface area contributed by atoms with Crippen molar-refractivity contribution in [1.29, 1.82) is 0 Å². The predicted octanol–water partition coefficient (Wildman–Crippen LogP) is 2.79. The molecule has 0 bridgehead atoms. The van der Waals surface area contributed by atoms with Crippen LogP contribution in [0.15, 0.2) is 24.3 Å². The molecule has 0 aliphatic rings. The lowest BCUT2D eigenvalue weighted by molar-refractivity contribution is -0.241. The Labute approximate surface area is 101 Å². The molecule has 1 aromatic rings. The zero-order valence-electron chi connectivity index (χ0n) is 9.98. The van der Waals surface area contributed by atoms with Gasteiger partial charge in [0.05, 0.1) is 19.3 Å². The van der Waals surface area contributed by atoms with Gasteiger partial charge in [0, 0.05) is 0 Å². The van der Waals surface area contributed by atoms with E-state index in [4.69, 9.17) is 9.62 Å². The first-order valence-corrected chi connectivity index (χ1v) is 5.55. The van der Waals surface area contributed by atoms with Gasteiger partial charge in [-0.25, -0.2) is 4.79 Å². The maximum absolute atomic E-state index is 11.5. The number of ether oxygens (including phenoxy) is 1. The smallest absolute Gasteiger partial charge is 0.373 e. The van der Waals surface area contributed by atoms with Gasteiger partial charge in [-0.1, -0.05) is 19.8 Å². The lowest BCUT2D eigenvalue weighted by Gasteiger charge is -2.04. The summed E-state index contributed by atoms with van der Waals surface area (Å²) in [5, 5.41) is 0. The number of hydrogen-bond donors (Lipinski definition) is 0. The lowest BCUT2D eigenvalue weighted by atomic mass is 10.2. The second-order valence-electron chi connectivity index (χ2n) is 3.48. The summed E-state index contributed by atoms with van der Waals surface area (Å²) in [4.78, 5) is 20.9. The first-order chi connectivity index (χ1) is 8.27. The van der Waals surface area contributed by atoms with Gasteiger partial charge in [-0.05, 0) is 30.7 Å². The van der Waals surface area contributed by atoms with Crippen molar-refractivity contribution in [3.63, 3.8) is 0 Å². The van der Waals surface area contributed by atoms with Crippen LogP contribution in [0.4, 0.5) is 0 Å². The number of carbonyl (C=O) groups is 1. The molecule has 0 aliphatic heterocycles. The summed E-state index contributed by atoms with van der Waals surface area (Å²) >= 11 is 0. The van der Waals surface area contributed by atoms with Crippen molar-refractivity contribution in [2.45, 2.75) is 19.3 Å². The molecule has 0 aliphatic carbocycles. The molecule has 4 heteroatoms. The molecule has 4 nitrogen and oxygen atoms in total. The normalized spacial score (nSPS) is 10.0. The highest BCUT2D eigenvalue weighted by atomic mass is 17.2. The lowest BCUT2D eigenvalue weighted by Crippen LogP contribution is -2.06. The van der Waals surface area contributed by atoms with Crippen molar-refractivity contribution < 1.29 is 19.3 Å². The van der Waals surface area contributed by atoms with Crippen molar-refractivity contribution in [1.82, 2.24) is 0 Å². The monoisotopic (exact) mass is 237 g/mol. The Balaban J connectivity index is 2.31. The van der Waals surface area contributed by atoms with Gasteiger partial charge in [-0.3, -0.25) is 4.89 Å². The van der Waals surface area contributed by atoms with Crippen molar-refractivity contribution >= 4 is 5.97 Å². The van der Waals surface area contributed by atoms with Gasteiger partial charge in [0.2, 0.25) is 0 Å². The molecule has 17 heavy (non-hydrogen) atoms. The number of methoxy groups -OCH3 is 1. The average molecular weight is 237 g/mol.